The summed E-state index contributed by atoms with van der Waals surface area (Å²) in [5, 5.41) is 8.77. The lowest BCUT2D eigenvalue weighted by atomic mass is 10.2. The summed E-state index contributed by atoms with van der Waals surface area (Å²) in [5.41, 5.74) is 0.943. The highest BCUT2D eigenvalue weighted by molar-refractivity contribution is 5.69. The summed E-state index contributed by atoms with van der Waals surface area (Å²) in [4.78, 5) is 26.1. The molecule has 1 aromatic carbocycles. The number of aliphatic carboxylic acids is 1. The molecule has 1 atom stereocenters. The standard InChI is InChI=1S/C15H20N2O4/c1-16(13-7-8-17(9-13)10-14(18)19)15(20)21-11-12-5-3-2-4-6-12/h2-6,13H,7-11H2,1H3,(H,18,19)/t13-/m0/s1. The van der Waals surface area contributed by atoms with Crippen LogP contribution in [-0.4, -0.2) is 59.7 Å². The fraction of sp³-hybridized carbons (Fsp3) is 0.467. The van der Waals surface area contributed by atoms with Gasteiger partial charge in [0, 0.05) is 26.2 Å². The van der Waals surface area contributed by atoms with Gasteiger partial charge in [0.05, 0.1) is 6.54 Å². The summed E-state index contributed by atoms with van der Waals surface area (Å²) in [7, 11) is 1.70. The van der Waals surface area contributed by atoms with E-state index >= 15 is 0 Å². The molecule has 114 valence electrons. The Bertz CT molecular complexity index is 492. The minimum absolute atomic E-state index is 0.00706. The smallest absolute Gasteiger partial charge is 0.410 e. The van der Waals surface area contributed by atoms with Crippen LogP contribution >= 0.6 is 0 Å². The predicted octanol–water partition coefficient (Wildman–Crippen LogP) is 1.41. The van der Waals surface area contributed by atoms with Crippen LogP contribution in [0.15, 0.2) is 30.3 Å². The number of benzene rings is 1. The van der Waals surface area contributed by atoms with Crippen molar-refractivity contribution >= 4 is 12.1 Å². The van der Waals surface area contributed by atoms with Crippen LogP contribution in [0.4, 0.5) is 4.79 Å². The number of hydrogen-bond acceptors (Lipinski definition) is 4. The normalized spacial score (nSPS) is 18.4. The molecule has 0 aliphatic carbocycles. The zero-order valence-electron chi connectivity index (χ0n) is 12.1. The Morgan fingerprint density at radius 2 is 2.10 bits per heavy atom. The summed E-state index contributed by atoms with van der Waals surface area (Å²) < 4.78 is 5.27. The molecule has 1 heterocycles. The van der Waals surface area contributed by atoms with E-state index in [4.69, 9.17) is 9.84 Å². The van der Waals surface area contributed by atoms with Crippen LogP contribution in [0.25, 0.3) is 0 Å². The van der Waals surface area contributed by atoms with Gasteiger partial charge in [0.15, 0.2) is 0 Å². The lowest BCUT2D eigenvalue weighted by Crippen LogP contribution is -2.40. The van der Waals surface area contributed by atoms with E-state index < -0.39 is 5.97 Å². The number of carboxylic acids is 1. The number of rotatable bonds is 5. The van der Waals surface area contributed by atoms with Crippen LogP contribution in [0, 0.1) is 0 Å². The second-order valence-electron chi connectivity index (χ2n) is 5.22. The van der Waals surface area contributed by atoms with Crippen molar-refractivity contribution in [1.82, 2.24) is 9.80 Å². The third kappa shape index (κ3) is 4.46. The largest absolute Gasteiger partial charge is 0.480 e. The van der Waals surface area contributed by atoms with Crippen LogP contribution < -0.4 is 0 Å². The number of likely N-dealkylation sites (tertiary alicyclic amines) is 1. The van der Waals surface area contributed by atoms with Gasteiger partial charge in [-0.2, -0.15) is 0 Å². The first kappa shape index (κ1) is 15.3. The highest BCUT2D eigenvalue weighted by Gasteiger charge is 2.29. The second-order valence-corrected chi connectivity index (χ2v) is 5.22. The van der Waals surface area contributed by atoms with E-state index in [1.807, 2.05) is 35.2 Å². The van der Waals surface area contributed by atoms with Crippen molar-refractivity contribution in [1.29, 1.82) is 0 Å². The molecule has 6 nitrogen and oxygen atoms in total. The van der Waals surface area contributed by atoms with Crippen molar-refractivity contribution in [2.24, 2.45) is 0 Å². The number of nitrogens with zero attached hydrogens (tertiary/aromatic N) is 2. The summed E-state index contributed by atoms with van der Waals surface area (Å²) in [6.45, 7) is 1.52. The molecule has 21 heavy (non-hydrogen) atoms. The molecule has 0 radical (unpaired) electrons. The molecule has 6 heteroatoms. The van der Waals surface area contributed by atoms with Crippen LogP contribution in [0.3, 0.4) is 0 Å². The van der Waals surface area contributed by atoms with E-state index in [1.54, 1.807) is 11.9 Å². The van der Waals surface area contributed by atoms with E-state index in [-0.39, 0.29) is 25.3 Å². The number of carbonyl (C=O) groups is 2. The Labute approximate surface area is 123 Å². The van der Waals surface area contributed by atoms with Crippen LogP contribution in [0.2, 0.25) is 0 Å². The molecule has 1 aliphatic heterocycles. The summed E-state index contributed by atoms with van der Waals surface area (Å²) in [5.74, 6) is -0.843. The first-order chi connectivity index (χ1) is 10.1. The first-order valence-electron chi connectivity index (χ1n) is 6.94. The SMILES string of the molecule is CN(C(=O)OCc1ccccc1)[C@H]1CCN(CC(=O)O)C1. The zero-order valence-corrected chi connectivity index (χ0v) is 12.1. The molecule has 1 fully saturated rings. The number of carboxylic acid groups (broad SMARTS) is 1. The molecular formula is C15H20N2O4. The molecule has 1 saturated heterocycles. The summed E-state index contributed by atoms with van der Waals surface area (Å²) >= 11 is 0. The molecule has 1 amide bonds. The van der Waals surface area contributed by atoms with E-state index in [0.29, 0.717) is 13.1 Å². The third-order valence-corrected chi connectivity index (χ3v) is 3.65. The van der Waals surface area contributed by atoms with Gasteiger partial charge in [0.25, 0.3) is 0 Å². The Hall–Kier alpha value is -2.08. The van der Waals surface area contributed by atoms with Crippen molar-refractivity contribution in [3.63, 3.8) is 0 Å². The van der Waals surface area contributed by atoms with Crippen LogP contribution in [0.5, 0.6) is 0 Å². The average Bonchev–Trinajstić information content (AvgIpc) is 2.92. The summed E-state index contributed by atoms with van der Waals surface area (Å²) in [6.07, 6.45) is 0.394. The number of amides is 1. The highest BCUT2D eigenvalue weighted by Crippen LogP contribution is 2.15. The molecule has 1 N–H and O–H groups in total. The maximum Gasteiger partial charge on any atom is 0.410 e. The van der Waals surface area contributed by atoms with Gasteiger partial charge in [-0.1, -0.05) is 30.3 Å². The lowest BCUT2D eigenvalue weighted by Gasteiger charge is -2.24. The van der Waals surface area contributed by atoms with Gasteiger partial charge >= 0.3 is 12.1 Å². The van der Waals surface area contributed by atoms with Gasteiger partial charge in [-0.25, -0.2) is 4.79 Å². The topological polar surface area (TPSA) is 70.1 Å². The molecule has 2 rings (SSSR count). The van der Waals surface area contributed by atoms with Crippen molar-refractivity contribution in [3.8, 4) is 0 Å². The maximum absolute atomic E-state index is 12.0. The van der Waals surface area contributed by atoms with Gasteiger partial charge in [-0.05, 0) is 12.0 Å². The minimum atomic E-state index is -0.843. The van der Waals surface area contributed by atoms with E-state index in [2.05, 4.69) is 0 Å². The molecule has 1 aliphatic rings. The number of carbonyl (C=O) groups excluding carboxylic acids is 1. The van der Waals surface area contributed by atoms with E-state index in [0.717, 1.165) is 12.0 Å². The molecular weight excluding hydrogens is 272 g/mol. The predicted molar refractivity (Wildman–Crippen MR) is 76.9 cm³/mol. The average molecular weight is 292 g/mol. The lowest BCUT2D eigenvalue weighted by molar-refractivity contribution is -0.138. The number of hydrogen-bond donors (Lipinski definition) is 1. The Kier molecular flexibility index (Phi) is 5.16. The Balaban J connectivity index is 1.79. The van der Waals surface area contributed by atoms with Gasteiger partial charge < -0.3 is 14.7 Å². The van der Waals surface area contributed by atoms with Crippen molar-refractivity contribution in [3.05, 3.63) is 35.9 Å². The van der Waals surface area contributed by atoms with E-state index in [9.17, 15) is 9.59 Å². The summed E-state index contributed by atoms with van der Waals surface area (Å²) in [6, 6.07) is 9.51. The quantitative estimate of drug-likeness (QED) is 0.888. The molecule has 0 bridgehead atoms. The van der Waals surface area contributed by atoms with E-state index in [1.165, 1.54) is 0 Å². The van der Waals surface area contributed by atoms with Crippen molar-refractivity contribution < 1.29 is 19.4 Å². The monoisotopic (exact) mass is 292 g/mol. The van der Waals surface area contributed by atoms with Gasteiger partial charge in [-0.15, -0.1) is 0 Å². The Morgan fingerprint density at radius 3 is 2.76 bits per heavy atom. The fourth-order valence-corrected chi connectivity index (χ4v) is 2.43. The maximum atomic E-state index is 12.0. The molecule has 1 aromatic rings. The first-order valence-corrected chi connectivity index (χ1v) is 6.94. The van der Waals surface area contributed by atoms with Crippen LogP contribution in [-0.2, 0) is 16.1 Å². The minimum Gasteiger partial charge on any atom is -0.480 e. The van der Waals surface area contributed by atoms with Gasteiger partial charge in [0.1, 0.15) is 6.61 Å². The van der Waals surface area contributed by atoms with Gasteiger partial charge in [-0.3, -0.25) is 9.69 Å². The third-order valence-electron chi connectivity index (χ3n) is 3.65. The fourth-order valence-electron chi connectivity index (χ4n) is 2.43. The number of likely N-dealkylation sites (N-methyl/N-ethyl adjacent to an activating group) is 1. The molecule has 0 unspecified atom stereocenters. The molecule has 0 saturated carbocycles. The highest BCUT2D eigenvalue weighted by atomic mass is 16.6. The van der Waals surface area contributed by atoms with Crippen molar-refractivity contribution in [2.45, 2.75) is 19.1 Å². The van der Waals surface area contributed by atoms with Crippen LogP contribution in [0.1, 0.15) is 12.0 Å². The van der Waals surface area contributed by atoms with Gasteiger partial charge in [0.2, 0.25) is 0 Å². The Morgan fingerprint density at radius 1 is 1.38 bits per heavy atom. The van der Waals surface area contributed by atoms with Crippen molar-refractivity contribution in [2.75, 3.05) is 26.7 Å². The molecule has 0 spiro atoms. The molecule has 0 aromatic heterocycles. The zero-order chi connectivity index (χ0) is 15.2. The second kappa shape index (κ2) is 7.08. The number of ether oxygens (including phenoxy) is 1.